The third kappa shape index (κ3) is 3.06. The molecule has 3 N–H and O–H groups in total. The van der Waals surface area contributed by atoms with Gasteiger partial charge >= 0.3 is 0 Å². The molecule has 0 aliphatic carbocycles. The van der Waals surface area contributed by atoms with Crippen LogP contribution in [0, 0.1) is 13.8 Å². The Balaban J connectivity index is 2.81. The molecule has 0 aliphatic heterocycles. The molecule has 0 saturated heterocycles. The first kappa shape index (κ1) is 11.7. The molecule has 84 valence electrons. The van der Waals surface area contributed by atoms with Crippen LogP contribution < -0.4 is 16.0 Å². The first-order valence-corrected chi connectivity index (χ1v) is 5.13. The van der Waals surface area contributed by atoms with Crippen LogP contribution in [0.5, 0.6) is 5.88 Å². The fourth-order valence-corrected chi connectivity index (χ4v) is 1.20. The van der Waals surface area contributed by atoms with Crippen LogP contribution in [0.15, 0.2) is 0 Å². The number of hydrazine groups is 1. The summed E-state index contributed by atoms with van der Waals surface area (Å²) in [6, 6.07) is 0. The van der Waals surface area contributed by atoms with E-state index < -0.39 is 0 Å². The van der Waals surface area contributed by atoms with Gasteiger partial charge in [0.25, 0.3) is 0 Å². The van der Waals surface area contributed by atoms with E-state index in [1.165, 1.54) is 0 Å². The fraction of sp³-hybridized carbons (Fsp3) is 0.600. The second kappa shape index (κ2) is 5.50. The molecule has 5 heteroatoms. The van der Waals surface area contributed by atoms with Gasteiger partial charge in [-0.05, 0) is 20.3 Å². The third-order valence-corrected chi connectivity index (χ3v) is 2.09. The summed E-state index contributed by atoms with van der Waals surface area (Å²) in [4.78, 5) is 8.38. The van der Waals surface area contributed by atoms with Gasteiger partial charge in [-0.1, -0.05) is 13.3 Å². The number of ether oxygens (including phenoxy) is 1. The molecule has 0 amide bonds. The highest BCUT2D eigenvalue weighted by molar-refractivity contribution is 5.47. The minimum absolute atomic E-state index is 0.615. The molecule has 1 rings (SSSR count). The Morgan fingerprint density at radius 1 is 1.33 bits per heavy atom. The Bertz CT molecular complexity index is 327. The van der Waals surface area contributed by atoms with E-state index in [2.05, 4.69) is 22.3 Å². The number of aryl methyl sites for hydroxylation is 1. The first-order valence-electron chi connectivity index (χ1n) is 5.13. The van der Waals surface area contributed by atoms with Crippen molar-refractivity contribution >= 4 is 5.82 Å². The zero-order valence-corrected chi connectivity index (χ0v) is 9.50. The maximum Gasteiger partial charge on any atom is 0.221 e. The van der Waals surface area contributed by atoms with E-state index in [-0.39, 0.29) is 0 Å². The van der Waals surface area contributed by atoms with Crippen molar-refractivity contribution in [1.82, 2.24) is 9.97 Å². The van der Waals surface area contributed by atoms with E-state index in [0.29, 0.717) is 24.1 Å². The summed E-state index contributed by atoms with van der Waals surface area (Å²) in [5.41, 5.74) is 3.38. The number of aromatic nitrogens is 2. The van der Waals surface area contributed by atoms with Gasteiger partial charge in [0.15, 0.2) is 0 Å². The van der Waals surface area contributed by atoms with Crippen LogP contribution in [-0.4, -0.2) is 16.6 Å². The number of anilines is 1. The minimum atomic E-state index is 0.615. The molecular weight excluding hydrogens is 192 g/mol. The predicted molar refractivity (Wildman–Crippen MR) is 59.7 cm³/mol. The largest absolute Gasteiger partial charge is 0.477 e. The average molecular weight is 210 g/mol. The SMILES string of the molecule is CCCCOc1nc(C)nc(NN)c1C. The molecule has 0 fully saturated rings. The molecule has 15 heavy (non-hydrogen) atoms. The molecule has 0 saturated carbocycles. The summed E-state index contributed by atoms with van der Waals surface area (Å²) in [5, 5.41) is 0. The summed E-state index contributed by atoms with van der Waals surface area (Å²) in [6.45, 7) is 6.50. The number of nitrogens with zero attached hydrogens (tertiary/aromatic N) is 2. The first-order chi connectivity index (χ1) is 7.19. The van der Waals surface area contributed by atoms with Crippen LogP contribution >= 0.6 is 0 Å². The summed E-state index contributed by atoms with van der Waals surface area (Å²) < 4.78 is 5.55. The van der Waals surface area contributed by atoms with E-state index in [9.17, 15) is 0 Å². The summed E-state index contributed by atoms with van der Waals surface area (Å²) >= 11 is 0. The van der Waals surface area contributed by atoms with E-state index in [1.807, 2.05) is 13.8 Å². The Morgan fingerprint density at radius 2 is 2.07 bits per heavy atom. The second-order valence-electron chi connectivity index (χ2n) is 3.40. The molecular formula is C10H18N4O. The lowest BCUT2D eigenvalue weighted by Crippen LogP contribution is -2.13. The van der Waals surface area contributed by atoms with Crippen molar-refractivity contribution in [2.75, 3.05) is 12.0 Å². The molecule has 0 aliphatic rings. The van der Waals surface area contributed by atoms with Gasteiger partial charge in [-0.25, -0.2) is 10.8 Å². The lowest BCUT2D eigenvalue weighted by Gasteiger charge is -2.11. The summed E-state index contributed by atoms with van der Waals surface area (Å²) in [7, 11) is 0. The number of hydrogen-bond acceptors (Lipinski definition) is 5. The van der Waals surface area contributed by atoms with Crippen LogP contribution in [0.3, 0.4) is 0 Å². The van der Waals surface area contributed by atoms with Gasteiger partial charge in [-0.3, -0.25) is 0 Å². The molecule has 0 radical (unpaired) electrons. The highest BCUT2D eigenvalue weighted by Crippen LogP contribution is 2.21. The Hall–Kier alpha value is -1.36. The molecule has 1 aromatic heterocycles. The number of nitrogens with one attached hydrogen (secondary N) is 1. The highest BCUT2D eigenvalue weighted by Gasteiger charge is 2.08. The lowest BCUT2D eigenvalue weighted by molar-refractivity contribution is 0.294. The van der Waals surface area contributed by atoms with Gasteiger partial charge in [-0.2, -0.15) is 4.98 Å². The van der Waals surface area contributed by atoms with Crippen molar-refractivity contribution in [2.24, 2.45) is 5.84 Å². The molecule has 5 nitrogen and oxygen atoms in total. The van der Waals surface area contributed by atoms with Crippen molar-refractivity contribution in [3.63, 3.8) is 0 Å². The van der Waals surface area contributed by atoms with Crippen LogP contribution in [0.1, 0.15) is 31.2 Å². The monoisotopic (exact) mass is 210 g/mol. The van der Waals surface area contributed by atoms with Gasteiger partial charge in [0.2, 0.25) is 5.88 Å². The number of nitrogens with two attached hydrogens (primary N) is 1. The fourth-order valence-electron chi connectivity index (χ4n) is 1.20. The molecule has 0 spiro atoms. The maximum absolute atomic E-state index is 5.55. The normalized spacial score (nSPS) is 10.1. The highest BCUT2D eigenvalue weighted by atomic mass is 16.5. The van der Waals surface area contributed by atoms with E-state index in [4.69, 9.17) is 10.6 Å². The van der Waals surface area contributed by atoms with Crippen LogP contribution in [0.4, 0.5) is 5.82 Å². The Kier molecular flexibility index (Phi) is 4.30. The minimum Gasteiger partial charge on any atom is -0.477 e. The second-order valence-corrected chi connectivity index (χ2v) is 3.40. The van der Waals surface area contributed by atoms with Gasteiger partial charge in [-0.15, -0.1) is 0 Å². The predicted octanol–water partition coefficient (Wildman–Crippen LogP) is 1.56. The van der Waals surface area contributed by atoms with E-state index >= 15 is 0 Å². The molecule has 0 bridgehead atoms. The zero-order chi connectivity index (χ0) is 11.3. The van der Waals surface area contributed by atoms with Crippen molar-refractivity contribution in [1.29, 1.82) is 0 Å². The van der Waals surface area contributed by atoms with Gasteiger partial charge in [0, 0.05) is 0 Å². The molecule has 1 aromatic rings. The number of rotatable bonds is 5. The van der Waals surface area contributed by atoms with Crippen molar-refractivity contribution < 1.29 is 4.74 Å². The lowest BCUT2D eigenvalue weighted by atomic mass is 10.3. The molecule has 1 heterocycles. The van der Waals surface area contributed by atoms with E-state index in [0.717, 1.165) is 18.4 Å². The molecule has 0 aromatic carbocycles. The quantitative estimate of drug-likeness (QED) is 0.438. The number of hydrogen-bond donors (Lipinski definition) is 2. The molecule has 0 unspecified atom stereocenters. The Labute approximate surface area is 90.0 Å². The third-order valence-electron chi connectivity index (χ3n) is 2.09. The topological polar surface area (TPSA) is 73.1 Å². The van der Waals surface area contributed by atoms with Gasteiger partial charge < -0.3 is 10.2 Å². The summed E-state index contributed by atoms with van der Waals surface area (Å²) in [6.07, 6.45) is 2.12. The van der Waals surface area contributed by atoms with Crippen molar-refractivity contribution in [3.05, 3.63) is 11.4 Å². The Morgan fingerprint density at radius 3 is 2.67 bits per heavy atom. The van der Waals surface area contributed by atoms with E-state index in [1.54, 1.807) is 0 Å². The zero-order valence-electron chi connectivity index (χ0n) is 9.50. The van der Waals surface area contributed by atoms with Crippen LogP contribution in [-0.2, 0) is 0 Å². The standard InChI is InChI=1S/C10H18N4O/c1-4-5-6-15-10-7(2)9(14-11)12-8(3)13-10/h4-6,11H2,1-3H3,(H,12,13,14). The van der Waals surface area contributed by atoms with Crippen molar-refractivity contribution in [2.45, 2.75) is 33.6 Å². The van der Waals surface area contributed by atoms with Crippen LogP contribution in [0.25, 0.3) is 0 Å². The van der Waals surface area contributed by atoms with Crippen molar-refractivity contribution in [3.8, 4) is 5.88 Å². The smallest absolute Gasteiger partial charge is 0.221 e. The number of nitrogen functional groups attached to an aromatic ring is 1. The van der Waals surface area contributed by atoms with Crippen LogP contribution in [0.2, 0.25) is 0 Å². The average Bonchev–Trinajstić information content (AvgIpc) is 2.23. The van der Waals surface area contributed by atoms with Gasteiger partial charge in [0.1, 0.15) is 11.6 Å². The number of unbranched alkanes of at least 4 members (excludes halogenated alkanes) is 1. The molecule has 0 atom stereocenters. The maximum atomic E-state index is 5.55. The van der Waals surface area contributed by atoms with Gasteiger partial charge in [0.05, 0.1) is 12.2 Å². The summed E-state index contributed by atoms with van der Waals surface area (Å²) in [5.74, 6) is 7.23.